The van der Waals surface area contributed by atoms with Crippen molar-refractivity contribution in [2.75, 3.05) is 6.54 Å². The van der Waals surface area contributed by atoms with Gasteiger partial charge in [-0.1, -0.05) is 27.2 Å². The zero-order valence-electron chi connectivity index (χ0n) is 12.0. The van der Waals surface area contributed by atoms with E-state index < -0.39 is 0 Å². The number of amides is 1. The van der Waals surface area contributed by atoms with Crippen molar-refractivity contribution in [3.8, 4) is 0 Å². The number of nitrogens with one attached hydrogen (secondary N) is 1. The molecule has 18 heavy (non-hydrogen) atoms. The Balaban J connectivity index is 1.91. The molecule has 0 saturated heterocycles. The summed E-state index contributed by atoms with van der Waals surface area (Å²) >= 11 is 0. The van der Waals surface area contributed by atoms with Gasteiger partial charge in [0.2, 0.25) is 5.91 Å². The first kappa shape index (κ1) is 13.9. The molecule has 3 unspecified atom stereocenters. The van der Waals surface area contributed by atoms with Crippen LogP contribution in [0.25, 0.3) is 0 Å². The molecule has 3 heteroatoms. The molecular formula is C15H28N2O. The first-order chi connectivity index (χ1) is 8.43. The van der Waals surface area contributed by atoms with E-state index >= 15 is 0 Å². The van der Waals surface area contributed by atoms with Crippen molar-refractivity contribution in [1.29, 1.82) is 0 Å². The van der Waals surface area contributed by atoms with Gasteiger partial charge in [0, 0.05) is 18.5 Å². The Morgan fingerprint density at radius 3 is 2.50 bits per heavy atom. The number of hydrogen-bond donors (Lipinski definition) is 2. The maximum absolute atomic E-state index is 12.4. The molecule has 0 bridgehead atoms. The van der Waals surface area contributed by atoms with E-state index in [0.29, 0.717) is 5.92 Å². The molecule has 2 aliphatic rings. The monoisotopic (exact) mass is 252 g/mol. The number of hydrogen-bond acceptors (Lipinski definition) is 2. The van der Waals surface area contributed by atoms with Crippen LogP contribution in [0.5, 0.6) is 0 Å². The second-order valence-electron chi connectivity index (χ2n) is 6.95. The van der Waals surface area contributed by atoms with Gasteiger partial charge >= 0.3 is 0 Å². The highest BCUT2D eigenvalue weighted by molar-refractivity contribution is 5.79. The highest BCUT2D eigenvalue weighted by atomic mass is 16.1. The molecule has 3 nitrogen and oxygen atoms in total. The van der Waals surface area contributed by atoms with Gasteiger partial charge in [0.15, 0.2) is 0 Å². The summed E-state index contributed by atoms with van der Waals surface area (Å²) in [7, 11) is 0. The third-order valence-electron chi connectivity index (χ3n) is 5.61. The molecule has 0 heterocycles. The Hall–Kier alpha value is -0.570. The highest BCUT2D eigenvalue weighted by Gasteiger charge is 2.44. The number of carbonyl (C=O) groups excluding carboxylic acids is 1. The molecule has 0 spiro atoms. The predicted octanol–water partition coefficient (Wildman–Crippen LogP) is 2.30. The fourth-order valence-corrected chi connectivity index (χ4v) is 3.38. The van der Waals surface area contributed by atoms with Gasteiger partial charge in [-0.15, -0.1) is 0 Å². The molecule has 0 aromatic carbocycles. The van der Waals surface area contributed by atoms with Gasteiger partial charge < -0.3 is 11.1 Å². The quantitative estimate of drug-likeness (QED) is 0.810. The fraction of sp³-hybridized carbons (Fsp3) is 0.933. The summed E-state index contributed by atoms with van der Waals surface area (Å²) in [6.07, 6.45) is 5.83. The lowest BCUT2D eigenvalue weighted by Crippen LogP contribution is -2.52. The van der Waals surface area contributed by atoms with Gasteiger partial charge in [0.05, 0.1) is 0 Å². The Labute approximate surface area is 111 Å². The molecule has 0 radical (unpaired) electrons. The van der Waals surface area contributed by atoms with E-state index in [4.69, 9.17) is 5.73 Å². The summed E-state index contributed by atoms with van der Waals surface area (Å²) in [6.45, 7) is 7.47. The number of carbonyl (C=O) groups is 1. The Bertz CT molecular complexity index is 310. The van der Waals surface area contributed by atoms with E-state index in [1.807, 2.05) is 0 Å². The summed E-state index contributed by atoms with van der Waals surface area (Å²) in [5.41, 5.74) is 6.15. The predicted molar refractivity (Wildman–Crippen MR) is 74.0 cm³/mol. The van der Waals surface area contributed by atoms with Gasteiger partial charge in [0.25, 0.3) is 0 Å². The van der Waals surface area contributed by atoms with Gasteiger partial charge in [-0.05, 0) is 42.9 Å². The van der Waals surface area contributed by atoms with Crippen LogP contribution in [0, 0.1) is 23.2 Å². The average molecular weight is 252 g/mol. The molecule has 0 aromatic heterocycles. The Kier molecular flexibility index (Phi) is 4.00. The van der Waals surface area contributed by atoms with Crippen molar-refractivity contribution < 1.29 is 4.79 Å². The summed E-state index contributed by atoms with van der Waals surface area (Å²) in [4.78, 5) is 12.4. The van der Waals surface area contributed by atoms with Crippen LogP contribution >= 0.6 is 0 Å². The van der Waals surface area contributed by atoms with Gasteiger partial charge in [-0.2, -0.15) is 0 Å². The van der Waals surface area contributed by atoms with Crippen molar-refractivity contribution in [3.63, 3.8) is 0 Å². The summed E-state index contributed by atoms with van der Waals surface area (Å²) < 4.78 is 0. The van der Waals surface area contributed by atoms with Gasteiger partial charge in [-0.25, -0.2) is 0 Å². The van der Waals surface area contributed by atoms with Crippen molar-refractivity contribution in [2.24, 2.45) is 28.9 Å². The molecule has 104 valence electrons. The minimum atomic E-state index is 0.0152. The summed E-state index contributed by atoms with van der Waals surface area (Å²) in [5.74, 6) is 1.53. The topological polar surface area (TPSA) is 55.1 Å². The van der Waals surface area contributed by atoms with E-state index in [1.165, 1.54) is 19.3 Å². The van der Waals surface area contributed by atoms with E-state index in [1.54, 1.807) is 0 Å². The molecule has 3 N–H and O–H groups in total. The lowest BCUT2D eigenvalue weighted by atomic mass is 9.61. The molecule has 0 aliphatic heterocycles. The first-order valence-corrected chi connectivity index (χ1v) is 7.46. The Morgan fingerprint density at radius 1 is 1.28 bits per heavy atom. The summed E-state index contributed by atoms with van der Waals surface area (Å²) in [5, 5.41) is 3.17. The van der Waals surface area contributed by atoms with Crippen molar-refractivity contribution in [2.45, 2.75) is 58.9 Å². The van der Waals surface area contributed by atoms with Crippen molar-refractivity contribution >= 4 is 5.91 Å². The normalized spacial score (nSPS) is 35.9. The third-order valence-corrected chi connectivity index (χ3v) is 5.61. The molecule has 2 rings (SSSR count). The highest BCUT2D eigenvalue weighted by Crippen LogP contribution is 2.44. The largest absolute Gasteiger partial charge is 0.356 e. The zero-order valence-corrected chi connectivity index (χ0v) is 12.0. The van der Waals surface area contributed by atoms with Crippen LogP contribution < -0.4 is 11.1 Å². The average Bonchev–Trinajstić information content (AvgIpc) is 2.23. The second kappa shape index (κ2) is 5.20. The SMILES string of the molecule is CC1C(N)CCC(C(=O)NCC2CCC2)C1(C)C. The van der Waals surface area contributed by atoms with Crippen molar-refractivity contribution in [1.82, 2.24) is 5.32 Å². The maximum Gasteiger partial charge on any atom is 0.223 e. The van der Waals surface area contributed by atoms with Crippen LogP contribution in [-0.4, -0.2) is 18.5 Å². The molecular weight excluding hydrogens is 224 g/mol. The van der Waals surface area contributed by atoms with Crippen LogP contribution in [-0.2, 0) is 4.79 Å². The summed E-state index contributed by atoms with van der Waals surface area (Å²) in [6, 6.07) is 0.246. The minimum absolute atomic E-state index is 0.0152. The van der Waals surface area contributed by atoms with Crippen LogP contribution in [0.1, 0.15) is 52.9 Å². The van der Waals surface area contributed by atoms with E-state index in [2.05, 4.69) is 26.1 Å². The maximum atomic E-state index is 12.4. The van der Waals surface area contributed by atoms with E-state index in [-0.39, 0.29) is 23.3 Å². The second-order valence-corrected chi connectivity index (χ2v) is 6.95. The minimum Gasteiger partial charge on any atom is -0.356 e. The fourth-order valence-electron chi connectivity index (χ4n) is 3.38. The smallest absolute Gasteiger partial charge is 0.223 e. The lowest BCUT2D eigenvalue weighted by Gasteiger charge is -2.46. The third kappa shape index (κ3) is 2.56. The number of rotatable bonds is 3. The van der Waals surface area contributed by atoms with Gasteiger partial charge in [0.1, 0.15) is 0 Å². The number of nitrogens with two attached hydrogens (primary N) is 1. The van der Waals surface area contributed by atoms with Crippen LogP contribution in [0.15, 0.2) is 0 Å². The van der Waals surface area contributed by atoms with Gasteiger partial charge in [-0.3, -0.25) is 4.79 Å². The van der Waals surface area contributed by atoms with Crippen molar-refractivity contribution in [3.05, 3.63) is 0 Å². The lowest BCUT2D eigenvalue weighted by molar-refractivity contribution is -0.132. The van der Waals surface area contributed by atoms with E-state index in [9.17, 15) is 4.79 Å². The molecule has 2 aliphatic carbocycles. The molecule has 1 amide bonds. The molecule has 2 fully saturated rings. The zero-order chi connectivity index (χ0) is 13.3. The Morgan fingerprint density at radius 2 is 1.94 bits per heavy atom. The molecule has 0 aromatic rings. The van der Waals surface area contributed by atoms with Crippen LogP contribution in [0.2, 0.25) is 0 Å². The van der Waals surface area contributed by atoms with Crippen LogP contribution in [0.4, 0.5) is 0 Å². The van der Waals surface area contributed by atoms with E-state index in [0.717, 1.165) is 25.3 Å². The molecule has 2 saturated carbocycles. The first-order valence-electron chi connectivity index (χ1n) is 7.46. The standard InChI is InChI=1S/C15H28N2O/c1-10-13(16)8-7-12(15(10,2)3)14(18)17-9-11-5-4-6-11/h10-13H,4-9,16H2,1-3H3,(H,17,18). The molecule has 3 atom stereocenters. The van der Waals surface area contributed by atoms with Crippen LogP contribution in [0.3, 0.4) is 0 Å².